The lowest BCUT2D eigenvalue weighted by Gasteiger charge is -2.20. The number of carbonyl (C=O) groups is 1. The molecule has 1 aromatic rings. The minimum Gasteiger partial charge on any atom is -0.322 e. The first-order chi connectivity index (χ1) is 10.7. The topological polar surface area (TPSA) is 90.5 Å². The highest BCUT2D eigenvalue weighted by atomic mass is 32.2. The molecular weight excluding hydrogens is 337 g/mol. The van der Waals surface area contributed by atoms with Crippen molar-refractivity contribution in [3.05, 3.63) is 29.6 Å². The number of hydrazine groups is 1. The second-order valence-corrected chi connectivity index (χ2v) is 7.28. The molecule has 1 fully saturated rings. The van der Waals surface area contributed by atoms with Gasteiger partial charge in [0.05, 0.1) is 12.2 Å². The number of rotatable bonds is 5. The van der Waals surface area contributed by atoms with E-state index in [1.54, 1.807) is 0 Å². The summed E-state index contributed by atoms with van der Waals surface area (Å²) in [5.74, 6) is -5.53. The molecule has 23 heavy (non-hydrogen) atoms. The molecule has 3 N–H and O–H groups in total. The summed E-state index contributed by atoms with van der Waals surface area (Å²) in [5, 5.41) is 1.28. The van der Waals surface area contributed by atoms with Crippen LogP contribution in [0, 0.1) is 17.5 Å². The first kappa shape index (κ1) is 17.7. The van der Waals surface area contributed by atoms with Gasteiger partial charge in [-0.1, -0.05) is 0 Å². The zero-order chi connectivity index (χ0) is 17.2. The van der Waals surface area contributed by atoms with E-state index in [1.165, 1.54) is 7.05 Å². The summed E-state index contributed by atoms with van der Waals surface area (Å²) in [6, 6.07) is 1.51. The van der Waals surface area contributed by atoms with Gasteiger partial charge in [-0.3, -0.25) is 15.6 Å². The molecule has 0 bridgehead atoms. The predicted molar refractivity (Wildman–Crippen MR) is 76.3 cm³/mol. The SMILES string of the molecule is CN(CC(=O)Nc1ccc(F)c(F)c1F)S(=O)(=O)C1CNNC1. The van der Waals surface area contributed by atoms with E-state index in [2.05, 4.69) is 10.9 Å². The van der Waals surface area contributed by atoms with E-state index in [0.717, 1.165) is 10.4 Å². The summed E-state index contributed by atoms with van der Waals surface area (Å²) in [6.45, 7) is -0.213. The molecule has 2 rings (SSSR count). The average molecular weight is 352 g/mol. The Morgan fingerprint density at radius 1 is 1.26 bits per heavy atom. The van der Waals surface area contributed by atoms with Crippen LogP contribution in [0.15, 0.2) is 12.1 Å². The van der Waals surface area contributed by atoms with Crippen molar-refractivity contribution < 1.29 is 26.4 Å². The molecule has 1 amide bonds. The molecule has 11 heteroatoms. The second kappa shape index (κ2) is 6.83. The van der Waals surface area contributed by atoms with Crippen LogP contribution in [0.5, 0.6) is 0 Å². The number of halogens is 3. The molecule has 1 aliphatic rings. The average Bonchev–Trinajstić information content (AvgIpc) is 3.03. The molecule has 0 saturated carbocycles. The van der Waals surface area contributed by atoms with Crippen LogP contribution in [0.1, 0.15) is 0 Å². The normalized spacial score (nSPS) is 16.0. The maximum atomic E-state index is 13.5. The smallest absolute Gasteiger partial charge is 0.239 e. The summed E-state index contributed by atoms with van der Waals surface area (Å²) in [5.41, 5.74) is 4.76. The first-order valence-corrected chi connectivity index (χ1v) is 8.08. The van der Waals surface area contributed by atoms with Gasteiger partial charge in [-0.2, -0.15) is 4.31 Å². The van der Waals surface area contributed by atoms with Gasteiger partial charge in [-0.05, 0) is 12.1 Å². The van der Waals surface area contributed by atoms with Crippen LogP contribution in [0.4, 0.5) is 18.9 Å². The minimum atomic E-state index is -3.73. The summed E-state index contributed by atoms with van der Waals surface area (Å²) in [7, 11) is -2.53. The van der Waals surface area contributed by atoms with Crippen LogP contribution in [0.3, 0.4) is 0 Å². The van der Waals surface area contributed by atoms with Gasteiger partial charge in [0.25, 0.3) is 0 Å². The molecule has 128 valence electrons. The fourth-order valence-electron chi connectivity index (χ4n) is 2.01. The van der Waals surface area contributed by atoms with Crippen LogP contribution in [0.2, 0.25) is 0 Å². The number of nitrogens with one attached hydrogen (secondary N) is 3. The van der Waals surface area contributed by atoms with Crippen molar-refractivity contribution in [2.75, 3.05) is 32.0 Å². The van der Waals surface area contributed by atoms with Crippen LogP contribution in [0.25, 0.3) is 0 Å². The van der Waals surface area contributed by atoms with E-state index >= 15 is 0 Å². The minimum absolute atomic E-state index is 0.187. The number of hydrogen-bond donors (Lipinski definition) is 3. The number of hydrogen-bond acceptors (Lipinski definition) is 5. The van der Waals surface area contributed by atoms with Crippen LogP contribution < -0.4 is 16.2 Å². The molecule has 0 aliphatic carbocycles. The number of anilines is 1. The number of likely N-dealkylation sites (N-methyl/N-ethyl adjacent to an activating group) is 1. The molecule has 7 nitrogen and oxygen atoms in total. The Labute approximate surface area is 130 Å². The molecule has 0 aromatic heterocycles. The Kier molecular flexibility index (Phi) is 5.24. The van der Waals surface area contributed by atoms with E-state index in [-0.39, 0.29) is 13.1 Å². The monoisotopic (exact) mass is 352 g/mol. The van der Waals surface area contributed by atoms with Crippen molar-refractivity contribution in [1.82, 2.24) is 15.2 Å². The number of sulfonamides is 1. The Morgan fingerprint density at radius 2 is 1.87 bits per heavy atom. The quantitative estimate of drug-likeness (QED) is 0.638. The molecular formula is C12H15F3N4O3S. The second-order valence-electron chi connectivity index (χ2n) is 4.96. The molecule has 0 radical (unpaired) electrons. The number of carbonyl (C=O) groups excluding carboxylic acids is 1. The Morgan fingerprint density at radius 3 is 2.48 bits per heavy atom. The standard InChI is InChI=1S/C12H15F3N4O3S/c1-19(23(21,22)7-4-16-17-5-7)6-10(20)18-9-3-2-8(13)11(14)12(9)15/h2-3,7,16-17H,4-6H2,1H3,(H,18,20). The number of benzene rings is 1. The molecule has 1 aliphatic heterocycles. The van der Waals surface area contributed by atoms with Crippen LogP contribution in [-0.4, -0.2) is 50.6 Å². The summed E-state index contributed by atoms with van der Waals surface area (Å²) in [4.78, 5) is 11.8. The first-order valence-electron chi connectivity index (χ1n) is 6.57. The molecule has 1 aromatic carbocycles. The van der Waals surface area contributed by atoms with Crippen molar-refractivity contribution in [1.29, 1.82) is 0 Å². The third-order valence-electron chi connectivity index (χ3n) is 3.32. The Hall–Kier alpha value is -1.69. The summed E-state index contributed by atoms with van der Waals surface area (Å²) in [6.07, 6.45) is 0. The molecule has 1 heterocycles. The molecule has 0 unspecified atom stereocenters. The van der Waals surface area contributed by atoms with E-state index in [9.17, 15) is 26.4 Å². The largest absolute Gasteiger partial charge is 0.322 e. The van der Waals surface area contributed by atoms with Gasteiger partial charge in [0, 0.05) is 20.1 Å². The van der Waals surface area contributed by atoms with Crippen molar-refractivity contribution >= 4 is 21.6 Å². The lowest BCUT2D eigenvalue weighted by Crippen LogP contribution is -2.42. The fourth-order valence-corrected chi connectivity index (χ4v) is 3.41. The van der Waals surface area contributed by atoms with Gasteiger partial charge < -0.3 is 5.32 Å². The van der Waals surface area contributed by atoms with Crippen molar-refractivity contribution in [3.8, 4) is 0 Å². The van der Waals surface area contributed by atoms with Gasteiger partial charge in [0.1, 0.15) is 5.25 Å². The number of nitrogens with zero attached hydrogens (tertiary/aromatic N) is 1. The predicted octanol–water partition coefficient (Wildman–Crippen LogP) is -0.220. The van der Waals surface area contributed by atoms with Gasteiger partial charge in [0.15, 0.2) is 17.5 Å². The maximum Gasteiger partial charge on any atom is 0.239 e. The van der Waals surface area contributed by atoms with E-state index < -0.39 is 50.9 Å². The van der Waals surface area contributed by atoms with Gasteiger partial charge in [-0.15, -0.1) is 0 Å². The van der Waals surface area contributed by atoms with Crippen LogP contribution >= 0.6 is 0 Å². The number of amides is 1. The van der Waals surface area contributed by atoms with Gasteiger partial charge >= 0.3 is 0 Å². The van der Waals surface area contributed by atoms with E-state index in [1.807, 2.05) is 5.32 Å². The van der Waals surface area contributed by atoms with Crippen LogP contribution in [-0.2, 0) is 14.8 Å². The molecule has 0 spiro atoms. The highest BCUT2D eigenvalue weighted by Crippen LogP contribution is 2.19. The summed E-state index contributed by atoms with van der Waals surface area (Å²) >= 11 is 0. The van der Waals surface area contributed by atoms with E-state index in [0.29, 0.717) is 6.07 Å². The zero-order valence-corrected chi connectivity index (χ0v) is 12.9. The summed E-state index contributed by atoms with van der Waals surface area (Å²) < 4.78 is 64.5. The lowest BCUT2D eigenvalue weighted by atomic mass is 10.3. The highest BCUT2D eigenvalue weighted by molar-refractivity contribution is 7.89. The lowest BCUT2D eigenvalue weighted by molar-refractivity contribution is -0.116. The van der Waals surface area contributed by atoms with Gasteiger partial charge in [0.2, 0.25) is 15.9 Å². The van der Waals surface area contributed by atoms with Crippen molar-refractivity contribution in [2.24, 2.45) is 0 Å². The molecule has 1 saturated heterocycles. The maximum absolute atomic E-state index is 13.5. The third-order valence-corrected chi connectivity index (χ3v) is 5.49. The third kappa shape index (κ3) is 3.80. The zero-order valence-electron chi connectivity index (χ0n) is 12.1. The fraction of sp³-hybridized carbons (Fsp3) is 0.417. The highest BCUT2D eigenvalue weighted by Gasteiger charge is 2.33. The Bertz CT molecular complexity index is 708. The molecule has 0 atom stereocenters. The van der Waals surface area contributed by atoms with Crippen molar-refractivity contribution in [2.45, 2.75) is 5.25 Å². The van der Waals surface area contributed by atoms with E-state index in [4.69, 9.17) is 0 Å². The van der Waals surface area contributed by atoms with Gasteiger partial charge in [-0.25, -0.2) is 21.6 Å². The van der Waals surface area contributed by atoms with Crippen molar-refractivity contribution in [3.63, 3.8) is 0 Å². The Balaban J connectivity index is 2.03.